The van der Waals surface area contributed by atoms with Gasteiger partial charge in [-0.25, -0.2) is 9.67 Å². The lowest BCUT2D eigenvalue weighted by Gasteiger charge is -2.15. The van der Waals surface area contributed by atoms with Crippen LogP contribution in [0.4, 0.5) is 5.69 Å². The zero-order chi connectivity index (χ0) is 19.6. The lowest BCUT2D eigenvalue weighted by atomic mass is 10.3. The first-order valence-corrected chi connectivity index (χ1v) is 12.1. The van der Waals surface area contributed by atoms with Crippen molar-refractivity contribution >= 4 is 24.9 Å². The van der Waals surface area contributed by atoms with E-state index in [1.165, 1.54) is 35.0 Å². The van der Waals surface area contributed by atoms with Crippen LogP contribution in [0.5, 0.6) is 0 Å². The fourth-order valence-electron chi connectivity index (χ4n) is 2.32. The Balaban J connectivity index is 1.81. The fourth-order valence-corrected chi connectivity index (χ4v) is 3.08. The van der Waals surface area contributed by atoms with Crippen molar-refractivity contribution in [2.45, 2.75) is 32.4 Å². The van der Waals surface area contributed by atoms with Gasteiger partial charge in [-0.3, -0.25) is 14.9 Å². The summed E-state index contributed by atoms with van der Waals surface area (Å²) in [6, 6.07) is 8.02. The summed E-state index contributed by atoms with van der Waals surface area (Å²) in [4.78, 5) is 26.6. The topological polar surface area (TPSA) is 113 Å². The molecule has 0 aliphatic rings. The van der Waals surface area contributed by atoms with Crippen molar-refractivity contribution in [1.29, 1.82) is 0 Å². The summed E-state index contributed by atoms with van der Waals surface area (Å²) in [5.74, 6) is 0.182. The van der Waals surface area contributed by atoms with Crippen molar-refractivity contribution in [3.8, 4) is 11.6 Å². The summed E-state index contributed by atoms with van der Waals surface area (Å²) in [6.45, 7) is 7.36. The number of rotatable bonds is 7. The van der Waals surface area contributed by atoms with Crippen LogP contribution >= 0.6 is 0 Å². The minimum atomic E-state index is -1.21. The third kappa shape index (κ3) is 4.66. The van der Waals surface area contributed by atoms with Gasteiger partial charge in [-0.2, -0.15) is 5.10 Å². The van der Waals surface area contributed by atoms with Gasteiger partial charge in [0.25, 0.3) is 11.2 Å². The molecular weight excluding hydrogens is 368 g/mol. The quantitative estimate of drug-likeness (QED) is 0.264. The number of hydrogen-bond acceptors (Lipinski definition) is 7. The lowest BCUT2D eigenvalue weighted by Crippen LogP contribution is -2.26. The minimum absolute atomic E-state index is 0.0445. The van der Waals surface area contributed by atoms with Crippen molar-refractivity contribution in [3.63, 3.8) is 0 Å². The van der Waals surface area contributed by atoms with Crippen LogP contribution in [0.2, 0.25) is 25.7 Å². The maximum atomic E-state index is 12.0. The molecule has 142 valence electrons. The number of hydrogen-bond donors (Lipinski definition) is 0. The molecule has 3 rings (SSSR count). The van der Waals surface area contributed by atoms with Crippen molar-refractivity contribution in [3.05, 3.63) is 50.8 Å². The highest BCUT2D eigenvalue weighted by atomic mass is 28.3. The summed E-state index contributed by atoms with van der Waals surface area (Å²) in [6.07, 6.45) is 0. The standard InChI is InChI=1S/C17H20N4O5Si/c1-27(2,3)9-8-25-11-20-16(22)7-5-13(19-20)17-18-14-10-12(21(23)24)4-6-15(14)26-17/h4-7,10H,8-9,11H2,1-3H3. The second-order valence-corrected chi connectivity index (χ2v) is 13.0. The SMILES string of the molecule is C[Si](C)(C)CCOCn1nc(-c2nc3cc([N+](=O)[O-])ccc3o2)ccc1=O. The molecule has 0 spiro atoms. The Morgan fingerprint density at radius 2 is 2.04 bits per heavy atom. The zero-order valence-electron chi connectivity index (χ0n) is 15.3. The van der Waals surface area contributed by atoms with Gasteiger partial charge in [-0.1, -0.05) is 19.6 Å². The molecule has 2 aromatic heterocycles. The number of ether oxygens (including phenoxy) is 1. The summed E-state index contributed by atoms with van der Waals surface area (Å²) < 4.78 is 12.4. The predicted molar refractivity (Wildman–Crippen MR) is 102 cm³/mol. The number of nitro benzene ring substituents is 1. The number of non-ortho nitro benzene ring substituents is 1. The number of nitro groups is 1. The van der Waals surface area contributed by atoms with Crippen molar-refractivity contribution in [2.24, 2.45) is 0 Å². The number of benzene rings is 1. The van der Waals surface area contributed by atoms with Gasteiger partial charge in [0, 0.05) is 32.9 Å². The van der Waals surface area contributed by atoms with Crippen LogP contribution in [0.25, 0.3) is 22.7 Å². The maximum absolute atomic E-state index is 12.0. The summed E-state index contributed by atoms with van der Waals surface area (Å²) in [7, 11) is -1.21. The molecule has 2 heterocycles. The van der Waals surface area contributed by atoms with Gasteiger partial charge in [0.05, 0.1) is 4.92 Å². The van der Waals surface area contributed by atoms with Crippen molar-refractivity contribution in [2.75, 3.05) is 6.61 Å². The molecule has 0 amide bonds. The van der Waals surface area contributed by atoms with E-state index in [4.69, 9.17) is 9.15 Å². The van der Waals surface area contributed by atoms with Crippen LogP contribution in [-0.2, 0) is 11.5 Å². The van der Waals surface area contributed by atoms with Gasteiger partial charge in [-0.05, 0) is 18.2 Å². The summed E-state index contributed by atoms with van der Waals surface area (Å²) >= 11 is 0. The van der Waals surface area contributed by atoms with E-state index < -0.39 is 13.0 Å². The number of nitrogens with zero attached hydrogens (tertiary/aromatic N) is 4. The molecule has 0 aliphatic carbocycles. The van der Waals surface area contributed by atoms with Crippen molar-refractivity contribution < 1.29 is 14.1 Å². The van der Waals surface area contributed by atoms with E-state index in [0.29, 0.717) is 23.4 Å². The second-order valence-electron chi connectivity index (χ2n) is 7.33. The highest BCUT2D eigenvalue weighted by Gasteiger charge is 2.15. The number of fused-ring (bicyclic) bond motifs is 1. The average molecular weight is 388 g/mol. The van der Waals surface area contributed by atoms with Crippen LogP contribution in [0.3, 0.4) is 0 Å². The number of oxazole rings is 1. The van der Waals surface area contributed by atoms with Gasteiger partial charge < -0.3 is 9.15 Å². The third-order valence-corrected chi connectivity index (χ3v) is 5.58. The van der Waals surface area contributed by atoms with E-state index in [1.807, 2.05) is 0 Å². The number of aromatic nitrogens is 3. The molecule has 0 radical (unpaired) electrons. The minimum Gasteiger partial charge on any atom is -0.435 e. The summed E-state index contributed by atoms with van der Waals surface area (Å²) in [5.41, 5.74) is 0.739. The molecule has 0 fully saturated rings. The Morgan fingerprint density at radius 3 is 2.74 bits per heavy atom. The van der Waals surface area contributed by atoms with Crippen LogP contribution in [0.1, 0.15) is 0 Å². The monoisotopic (exact) mass is 388 g/mol. The molecule has 0 unspecified atom stereocenters. The van der Waals surface area contributed by atoms with E-state index in [1.54, 1.807) is 0 Å². The van der Waals surface area contributed by atoms with Crippen LogP contribution in [0, 0.1) is 10.1 Å². The molecule has 0 saturated heterocycles. The fraction of sp³-hybridized carbons (Fsp3) is 0.353. The molecule has 3 aromatic rings. The van der Waals surface area contributed by atoms with Gasteiger partial charge >= 0.3 is 0 Å². The van der Waals surface area contributed by atoms with E-state index in [9.17, 15) is 14.9 Å². The first-order valence-electron chi connectivity index (χ1n) is 8.44. The molecule has 0 saturated carbocycles. The van der Waals surface area contributed by atoms with Crippen LogP contribution in [-0.4, -0.2) is 34.4 Å². The lowest BCUT2D eigenvalue weighted by molar-refractivity contribution is -0.384. The zero-order valence-corrected chi connectivity index (χ0v) is 16.3. The Kier molecular flexibility index (Phi) is 5.19. The van der Waals surface area contributed by atoms with Gasteiger partial charge in [0.1, 0.15) is 17.9 Å². The molecule has 0 atom stereocenters. The molecular formula is C17H20N4O5Si. The van der Waals surface area contributed by atoms with E-state index >= 15 is 0 Å². The average Bonchev–Trinajstić information content (AvgIpc) is 3.02. The molecule has 0 bridgehead atoms. The Morgan fingerprint density at radius 1 is 1.26 bits per heavy atom. The first kappa shape index (κ1) is 18.9. The Bertz CT molecular complexity index is 1040. The molecule has 1 aromatic carbocycles. The molecule has 0 aliphatic heterocycles. The molecule has 10 heteroatoms. The smallest absolute Gasteiger partial charge is 0.271 e. The Labute approximate surface area is 155 Å². The Hall–Kier alpha value is -2.85. The second kappa shape index (κ2) is 7.41. The van der Waals surface area contributed by atoms with Crippen LogP contribution in [0.15, 0.2) is 39.5 Å². The first-order chi connectivity index (χ1) is 12.7. The largest absolute Gasteiger partial charge is 0.435 e. The maximum Gasteiger partial charge on any atom is 0.271 e. The van der Waals surface area contributed by atoms with E-state index in [2.05, 4.69) is 29.7 Å². The normalized spacial score (nSPS) is 11.8. The van der Waals surface area contributed by atoms with E-state index in [-0.39, 0.29) is 23.9 Å². The highest BCUT2D eigenvalue weighted by Crippen LogP contribution is 2.25. The van der Waals surface area contributed by atoms with E-state index in [0.717, 1.165) is 6.04 Å². The predicted octanol–water partition coefficient (Wildman–Crippen LogP) is 3.27. The highest BCUT2D eigenvalue weighted by molar-refractivity contribution is 6.76. The third-order valence-electron chi connectivity index (χ3n) is 3.88. The molecule has 27 heavy (non-hydrogen) atoms. The van der Waals surface area contributed by atoms with Gasteiger partial charge in [-0.15, -0.1) is 0 Å². The summed E-state index contributed by atoms with van der Waals surface area (Å²) in [5, 5.41) is 15.1. The van der Waals surface area contributed by atoms with Crippen LogP contribution < -0.4 is 5.56 Å². The van der Waals surface area contributed by atoms with Gasteiger partial charge in [0.15, 0.2) is 5.58 Å². The molecule has 0 N–H and O–H groups in total. The van der Waals surface area contributed by atoms with Crippen molar-refractivity contribution in [1.82, 2.24) is 14.8 Å². The molecule has 9 nitrogen and oxygen atoms in total. The van der Waals surface area contributed by atoms with Gasteiger partial charge in [0.2, 0.25) is 5.89 Å².